The van der Waals surface area contributed by atoms with E-state index in [-0.39, 0.29) is 0 Å². The van der Waals surface area contributed by atoms with E-state index in [0.717, 1.165) is 24.0 Å². The number of unbranched alkanes of at least 4 members (excludes halogenated alkanes) is 6. The minimum absolute atomic E-state index is 0.950. The predicted molar refractivity (Wildman–Crippen MR) is 140 cm³/mol. The molecule has 3 rings (SSSR count). The maximum Gasteiger partial charge on any atom is 0.0702 e. The highest BCUT2D eigenvalue weighted by Gasteiger charge is 2.21. The second kappa shape index (κ2) is 14.5. The van der Waals surface area contributed by atoms with Crippen molar-refractivity contribution in [1.29, 1.82) is 0 Å². The third kappa shape index (κ3) is 8.72. The van der Waals surface area contributed by atoms with Crippen LogP contribution in [-0.2, 0) is 12.8 Å². The molecule has 1 saturated carbocycles. The number of hydrogen-bond donors (Lipinski definition) is 0. The van der Waals surface area contributed by atoms with Gasteiger partial charge in [-0.15, -0.1) is 0 Å². The minimum atomic E-state index is 0.950. The Morgan fingerprint density at radius 3 is 2.09 bits per heavy atom. The first kappa shape index (κ1) is 25.0. The maximum atomic E-state index is 4.73. The Balaban J connectivity index is 1.40. The lowest BCUT2D eigenvalue weighted by Gasteiger charge is -2.29. The molecule has 1 heteroatoms. The lowest BCUT2D eigenvalue weighted by molar-refractivity contribution is 0.239. The molecule has 2 unspecified atom stereocenters. The van der Waals surface area contributed by atoms with Gasteiger partial charge in [-0.05, 0) is 61.1 Å². The quantitative estimate of drug-likeness (QED) is 0.270. The Kier molecular flexibility index (Phi) is 11.3. The predicted octanol–water partition coefficient (Wildman–Crippen LogP) is 9.58. The molecular formula is C31H47N. The number of rotatable bonds is 14. The van der Waals surface area contributed by atoms with Crippen LogP contribution in [0.15, 0.2) is 42.6 Å². The molecule has 0 saturated heterocycles. The molecule has 1 aliphatic rings. The van der Waals surface area contributed by atoms with Gasteiger partial charge in [0.15, 0.2) is 0 Å². The molecule has 0 spiro atoms. The fourth-order valence-corrected chi connectivity index (χ4v) is 5.50. The van der Waals surface area contributed by atoms with E-state index in [9.17, 15) is 0 Å². The third-order valence-electron chi connectivity index (χ3n) is 7.59. The first-order valence-electron chi connectivity index (χ1n) is 13.8. The monoisotopic (exact) mass is 433 g/mol. The second-order valence-electron chi connectivity index (χ2n) is 10.3. The second-order valence-corrected chi connectivity index (χ2v) is 10.3. The first-order valence-corrected chi connectivity index (χ1v) is 13.8. The zero-order valence-corrected chi connectivity index (χ0v) is 21.0. The zero-order valence-electron chi connectivity index (χ0n) is 21.0. The van der Waals surface area contributed by atoms with Gasteiger partial charge < -0.3 is 0 Å². The summed E-state index contributed by atoms with van der Waals surface area (Å²) in [5.74, 6) is 1.96. The number of benzene rings is 1. The van der Waals surface area contributed by atoms with Crippen LogP contribution in [0.1, 0.15) is 115 Å². The summed E-state index contributed by atoms with van der Waals surface area (Å²) in [6.45, 7) is 4.57. The number of pyridine rings is 1. The van der Waals surface area contributed by atoms with Crippen molar-refractivity contribution in [2.75, 3.05) is 0 Å². The number of aryl methyl sites for hydroxylation is 2. The molecule has 0 N–H and O–H groups in total. The molecule has 1 fully saturated rings. The molecule has 1 nitrogen and oxygen atoms in total. The van der Waals surface area contributed by atoms with Crippen molar-refractivity contribution in [2.24, 2.45) is 11.8 Å². The standard InChI is InChI=1S/C31H47N/c1-3-5-7-8-10-12-27-14-11-15-28(24-27)17-16-26-18-21-30(22-19-26)31-23-20-29(25-32-31)13-9-6-4-2/h18-23,25,27-28H,3-17,24H2,1-2H3. The van der Waals surface area contributed by atoms with E-state index in [2.05, 4.69) is 56.4 Å². The van der Waals surface area contributed by atoms with Gasteiger partial charge in [-0.2, -0.15) is 0 Å². The summed E-state index contributed by atoms with van der Waals surface area (Å²) in [4.78, 5) is 4.73. The van der Waals surface area contributed by atoms with E-state index < -0.39 is 0 Å². The van der Waals surface area contributed by atoms with Gasteiger partial charge >= 0.3 is 0 Å². The molecular weight excluding hydrogens is 386 g/mol. The van der Waals surface area contributed by atoms with Crippen molar-refractivity contribution in [1.82, 2.24) is 4.98 Å². The van der Waals surface area contributed by atoms with Gasteiger partial charge in [0.2, 0.25) is 0 Å². The van der Waals surface area contributed by atoms with Gasteiger partial charge in [-0.25, -0.2) is 0 Å². The van der Waals surface area contributed by atoms with Crippen LogP contribution in [0.3, 0.4) is 0 Å². The summed E-state index contributed by atoms with van der Waals surface area (Å²) >= 11 is 0. The van der Waals surface area contributed by atoms with Crippen molar-refractivity contribution < 1.29 is 0 Å². The van der Waals surface area contributed by atoms with Gasteiger partial charge in [0.1, 0.15) is 0 Å². The van der Waals surface area contributed by atoms with Crippen molar-refractivity contribution in [3.8, 4) is 11.3 Å². The molecule has 1 aromatic carbocycles. The van der Waals surface area contributed by atoms with Crippen LogP contribution in [-0.4, -0.2) is 4.98 Å². The van der Waals surface area contributed by atoms with Gasteiger partial charge in [-0.3, -0.25) is 4.98 Å². The first-order chi connectivity index (χ1) is 15.8. The summed E-state index contributed by atoms with van der Waals surface area (Å²) in [5, 5.41) is 0. The maximum absolute atomic E-state index is 4.73. The van der Waals surface area contributed by atoms with E-state index >= 15 is 0 Å². The van der Waals surface area contributed by atoms with E-state index in [1.807, 2.05) is 0 Å². The summed E-state index contributed by atoms with van der Waals surface area (Å²) in [5.41, 5.74) is 5.21. The topological polar surface area (TPSA) is 12.9 Å². The lowest BCUT2D eigenvalue weighted by atomic mass is 9.77. The van der Waals surface area contributed by atoms with Crippen LogP contribution in [0.25, 0.3) is 11.3 Å². The van der Waals surface area contributed by atoms with Crippen LogP contribution in [0.5, 0.6) is 0 Å². The molecule has 2 atom stereocenters. The zero-order chi connectivity index (χ0) is 22.4. The average Bonchev–Trinajstić information content (AvgIpc) is 2.84. The van der Waals surface area contributed by atoms with Crippen LogP contribution in [0.2, 0.25) is 0 Å². The number of nitrogens with zero attached hydrogens (tertiary/aromatic N) is 1. The van der Waals surface area contributed by atoms with Crippen molar-refractivity contribution >= 4 is 0 Å². The van der Waals surface area contributed by atoms with Gasteiger partial charge in [0.25, 0.3) is 0 Å². The van der Waals surface area contributed by atoms with Crippen molar-refractivity contribution in [3.05, 3.63) is 53.7 Å². The van der Waals surface area contributed by atoms with E-state index in [1.165, 1.54) is 113 Å². The van der Waals surface area contributed by atoms with Gasteiger partial charge in [0.05, 0.1) is 5.69 Å². The highest BCUT2D eigenvalue weighted by atomic mass is 14.7. The highest BCUT2D eigenvalue weighted by molar-refractivity contribution is 5.59. The van der Waals surface area contributed by atoms with Gasteiger partial charge in [-0.1, -0.05) is 115 Å². The molecule has 1 heterocycles. The highest BCUT2D eigenvalue weighted by Crippen LogP contribution is 2.35. The normalized spacial score (nSPS) is 18.7. The minimum Gasteiger partial charge on any atom is -0.256 e. The van der Waals surface area contributed by atoms with Gasteiger partial charge in [0, 0.05) is 11.8 Å². The Morgan fingerprint density at radius 2 is 1.38 bits per heavy atom. The Morgan fingerprint density at radius 1 is 0.688 bits per heavy atom. The number of hydrogen-bond acceptors (Lipinski definition) is 1. The fourth-order valence-electron chi connectivity index (χ4n) is 5.50. The molecule has 1 aromatic heterocycles. The average molecular weight is 434 g/mol. The van der Waals surface area contributed by atoms with E-state index in [0.29, 0.717) is 0 Å². The molecule has 2 aromatic rings. The van der Waals surface area contributed by atoms with Crippen molar-refractivity contribution in [2.45, 2.75) is 117 Å². The molecule has 1 aliphatic carbocycles. The molecule has 176 valence electrons. The third-order valence-corrected chi connectivity index (χ3v) is 7.59. The summed E-state index contributed by atoms with van der Waals surface area (Å²) in [6.07, 6.45) is 24.2. The Labute approximate surface area is 198 Å². The Hall–Kier alpha value is -1.63. The summed E-state index contributed by atoms with van der Waals surface area (Å²) < 4.78 is 0. The van der Waals surface area contributed by atoms with Crippen LogP contribution >= 0.6 is 0 Å². The molecule has 32 heavy (non-hydrogen) atoms. The van der Waals surface area contributed by atoms with Crippen molar-refractivity contribution in [3.63, 3.8) is 0 Å². The fraction of sp³-hybridized carbons (Fsp3) is 0.645. The SMILES string of the molecule is CCCCCCCC1CCCC(CCc2ccc(-c3ccc(CCCCC)cn3)cc2)C1. The molecule has 0 amide bonds. The molecule has 0 aliphatic heterocycles. The largest absolute Gasteiger partial charge is 0.256 e. The van der Waals surface area contributed by atoms with Crippen LogP contribution < -0.4 is 0 Å². The summed E-state index contributed by atoms with van der Waals surface area (Å²) in [6, 6.07) is 13.7. The summed E-state index contributed by atoms with van der Waals surface area (Å²) in [7, 11) is 0. The smallest absolute Gasteiger partial charge is 0.0702 e. The van der Waals surface area contributed by atoms with Crippen LogP contribution in [0.4, 0.5) is 0 Å². The lowest BCUT2D eigenvalue weighted by Crippen LogP contribution is -2.16. The Bertz CT molecular complexity index is 730. The molecule has 0 radical (unpaired) electrons. The number of aromatic nitrogens is 1. The van der Waals surface area contributed by atoms with Crippen LogP contribution in [0, 0.1) is 11.8 Å². The molecule has 0 bridgehead atoms. The van der Waals surface area contributed by atoms with E-state index in [1.54, 1.807) is 0 Å². The van der Waals surface area contributed by atoms with E-state index in [4.69, 9.17) is 4.98 Å².